The number of halogens is 1. The van der Waals surface area contributed by atoms with Crippen LogP contribution >= 0.6 is 11.6 Å². The van der Waals surface area contributed by atoms with Crippen molar-refractivity contribution in [3.63, 3.8) is 0 Å². The van der Waals surface area contributed by atoms with Crippen LogP contribution < -0.4 is 10.5 Å². The SMILES string of the molecule is N#Cc1ccc(COc2cc(Cl)ccc2C(N)=O)cc1. The molecule has 20 heavy (non-hydrogen) atoms. The number of amides is 1. The maximum atomic E-state index is 11.3. The minimum atomic E-state index is -0.573. The van der Waals surface area contributed by atoms with Crippen LogP contribution in [0.2, 0.25) is 5.02 Å². The topological polar surface area (TPSA) is 76.1 Å². The van der Waals surface area contributed by atoms with E-state index in [1.807, 2.05) is 6.07 Å². The molecule has 0 saturated carbocycles. The van der Waals surface area contributed by atoms with Crippen LogP contribution in [0.1, 0.15) is 21.5 Å². The molecular formula is C15H11ClN2O2. The van der Waals surface area contributed by atoms with E-state index in [4.69, 9.17) is 27.3 Å². The lowest BCUT2D eigenvalue weighted by atomic mass is 10.1. The predicted molar refractivity (Wildman–Crippen MR) is 75.5 cm³/mol. The van der Waals surface area contributed by atoms with Crippen LogP contribution in [0.15, 0.2) is 42.5 Å². The number of benzene rings is 2. The predicted octanol–water partition coefficient (Wildman–Crippen LogP) is 2.89. The van der Waals surface area contributed by atoms with Gasteiger partial charge in [-0.3, -0.25) is 4.79 Å². The number of hydrogen-bond donors (Lipinski definition) is 1. The Labute approximate surface area is 121 Å². The summed E-state index contributed by atoms with van der Waals surface area (Å²) >= 11 is 5.87. The van der Waals surface area contributed by atoms with Gasteiger partial charge in [-0.25, -0.2) is 0 Å². The number of carbonyl (C=O) groups is 1. The van der Waals surface area contributed by atoms with Gasteiger partial charge in [-0.2, -0.15) is 5.26 Å². The van der Waals surface area contributed by atoms with Crippen molar-refractivity contribution in [2.75, 3.05) is 0 Å². The average Bonchev–Trinajstić information content (AvgIpc) is 2.45. The second-order valence-corrected chi connectivity index (χ2v) is 4.54. The number of nitriles is 1. The van der Waals surface area contributed by atoms with Crippen molar-refractivity contribution in [3.8, 4) is 11.8 Å². The highest BCUT2D eigenvalue weighted by molar-refractivity contribution is 6.30. The fourth-order valence-electron chi connectivity index (χ4n) is 1.66. The molecule has 2 N–H and O–H groups in total. The summed E-state index contributed by atoms with van der Waals surface area (Å²) in [7, 11) is 0. The van der Waals surface area contributed by atoms with Crippen LogP contribution in [0.5, 0.6) is 5.75 Å². The van der Waals surface area contributed by atoms with Crippen LogP contribution in [0, 0.1) is 11.3 Å². The van der Waals surface area contributed by atoms with Crippen LogP contribution in [0.3, 0.4) is 0 Å². The van der Waals surface area contributed by atoms with Gasteiger partial charge in [0.15, 0.2) is 0 Å². The summed E-state index contributed by atoms with van der Waals surface area (Å²) in [5, 5.41) is 9.18. The zero-order valence-electron chi connectivity index (χ0n) is 10.5. The molecule has 0 aromatic heterocycles. The van der Waals surface area contributed by atoms with Crippen molar-refractivity contribution >= 4 is 17.5 Å². The summed E-state index contributed by atoms with van der Waals surface area (Å²) in [4.78, 5) is 11.3. The molecule has 2 aromatic rings. The molecular weight excluding hydrogens is 276 g/mol. The van der Waals surface area contributed by atoms with Crippen molar-refractivity contribution in [2.45, 2.75) is 6.61 Å². The number of ether oxygens (including phenoxy) is 1. The summed E-state index contributed by atoms with van der Waals surface area (Å²) in [5.41, 5.74) is 7.01. The van der Waals surface area contributed by atoms with Gasteiger partial charge in [-0.05, 0) is 35.9 Å². The number of primary amides is 1. The summed E-state index contributed by atoms with van der Waals surface area (Å²) in [6.45, 7) is 0.256. The van der Waals surface area contributed by atoms with E-state index in [9.17, 15) is 4.79 Å². The second-order valence-electron chi connectivity index (χ2n) is 4.10. The molecule has 100 valence electrons. The molecule has 0 unspecified atom stereocenters. The standard InChI is InChI=1S/C15H11ClN2O2/c16-12-5-6-13(15(18)19)14(7-12)20-9-11-3-1-10(8-17)2-4-11/h1-7H,9H2,(H2,18,19). The molecule has 0 bridgehead atoms. The molecule has 0 saturated heterocycles. The first kappa shape index (κ1) is 13.9. The summed E-state index contributed by atoms with van der Waals surface area (Å²) in [6.07, 6.45) is 0. The largest absolute Gasteiger partial charge is 0.488 e. The molecule has 0 heterocycles. The Morgan fingerprint density at radius 3 is 2.55 bits per heavy atom. The zero-order chi connectivity index (χ0) is 14.5. The minimum absolute atomic E-state index is 0.256. The van der Waals surface area contributed by atoms with Crippen molar-refractivity contribution < 1.29 is 9.53 Å². The van der Waals surface area contributed by atoms with E-state index in [-0.39, 0.29) is 12.2 Å². The Bertz CT molecular complexity index is 675. The molecule has 2 rings (SSSR count). The molecule has 5 heteroatoms. The van der Waals surface area contributed by atoms with Gasteiger partial charge < -0.3 is 10.5 Å². The lowest BCUT2D eigenvalue weighted by molar-refractivity contribution is 0.0996. The molecule has 2 aromatic carbocycles. The van der Waals surface area contributed by atoms with E-state index in [0.717, 1.165) is 5.56 Å². The highest BCUT2D eigenvalue weighted by atomic mass is 35.5. The van der Waals surface area contributed by atoms with Gasteiger partial charge >= 0.3 is 0 Å². The molecule has 0 fully saturated rings. The van der Waals surface area contributed by atoms with Gasteiger partial charge in [0.1, 0.15) is 12.4 Å². The fourth-order valence-corrected chi connectivity index (χ4v) is 1.82. The maximum absolute atomic E-state index is 11.3. The molecule has 0 spiro atoms. The van der Waals surface area contributed by atoms with Gasteiger partial charge in [-0.15, -0.1) is 0 Å². The lowest BCUT2D eigenvalue weighted by Gasteiger charge is -2.10. The fraction of sp³-hybridized carbons (Fsp3) is 0.0667. The highest BCUT2D eigenvalue weighted by Crippen LogP contribution is 2.24. The van der Waals surface area contributed by atoms with E-state index in [1.54, 1.807) is 36.4 Å². The summed E-state index contributed by atoms with van der Waals surface area (Å²) in [6, 6.07) is 13.7. The lowest BCUT2D eigenvalue weighted by Crippen LogP contribution is -2.13. The van der Waals surface area contributed by atoms with Crippen LogP contribution in [0.25, 0.3) is 0 Å². The van der Waals surface area contributed by atoms with Crippen molar-refractivity contribution in [1.82, 2.24) is 0 Å². The number of hydrogen-bond acceptors (Lipinski definition) is 3. The Hall–Kier alpha value is -2.51. The third-order valence-corrected chi connectivity index (χ3v) is 2.92. The first-order chi connectivity index (χ1) is 9.60. The highest BCUT2D eigenvalue weighted by Gasteiger charge is 2.10. The summed E-state index contributed by atoms with van der Waals surface area (Å²) < 4.78 is 5.57. The van der Waals surface area contributed by atoms with Crippen molar-refractivity contribution in [3.05, 3.63) is 64.2 Å². The summed E-state index contributed by atoms with van der Waals surface area (Å²) in [5.74, 6) is -0.231. The van der Waals surface area contributed by atoms with E-state index in [0.29, 0.717) is 16.3 Å². The third kappa shape index (κ3) is 3.28. The monoisotopic (exact) mass is 286 g/mol. The van der Waals surface area contributed by atoms with E-state index in [2.05, 4.69) is 0 Å². The Kier molecular flexibility index (Phi) is 4.24. The first-order valence-corrected chi connectivity index (χ1v) is 6.19. The molecule has 0 aliphatic heterocycles. The first-order valence-electron chi connectivity index (χ1n) is 5.81. The van der Waals surface area contributed by atoms with Crippen molar-refractivity contribution in [1.29, 1.82) is 5.26 Å². The molecule has 0 atom stereocenters. The number of carbonyl (C=O) groups excluding carboxylic acids is 1. The van der Waals surface area contributed by atoms with Gasteiger partial charge in [0, 0.05) is 5.02 Å². The number of nitrogens with two attached hydrogens (primary N) is 1. The van der Waals surface area contributed by atoms with Crippen LogP contribution in [0.4, 0.5) is 0 Å². The molecule has 0 radical (unpaired) electrons. The second kappa shape index (κ2) is 6.09. The molecule has 0 aliphatic carbocycles. The third-order valence-electron chi connectivity index (χ3n) is 2.69. The van der Waals surface area contributed by atoms with E-state index >= 15 is 0 Å². The van der Waals surface area contributed by atoms with Gasteiger partial charge in [-0.1, -0.05) is 23.7 Å². The van der Waals surface area contributed by atoms with E-state index < -0.39 is 5.91 Å². The number of nitrogens with zero attached hydrogens (tertiary/aromatic N) is 1. The Balaban J connectivity index is 2.15. The molecule has 0 aliphatic rings. The quantitative estimate of drug-likeness (QED) is 0.939. The normalized spacial score (nSPS) is 9.80. The average molecular weight is 287 g/mol. The van der Waals surface area contributed by atoms with Gasteiger partial charge in [0.05, 0.1) is 17.2 Å². The Morgan fingerprint density at radius 1 is 1.25 bits per heavy atom. The van der Waals surface area contributed by atoms with Crippen LogP contribution in [-0.2, 0) is 6.61 Å². The van der Waals surface area contributed by atoms with Crippen LogP contribution in [-0.4, -0.2) is 5.91 Å². The van der Waals surface area contributed by atoms with Gasteiger partial charge in [0.25, 0.3) is 5.91 Å². The number of rotatable bonds is 4. The Morgan fingerprint density at radius 2 is 1.95 bits per heavy atom. The molecule has 4 nitrogen and oxygen atoms in total. The van der Waals surface area contributed by atoms with Gasteiger partial charge in [0.2, 0.25) is 0 Å². The zero-order valence-corrected chi connectivity index (χ0v) is 11.2. The minimum Gasteiger partial charge on any atom is -0.488 e. The smallest absolute Gasteiger partial charge is 0.252 e. The molecule has 1 amide bonds. The maximum Gasteiger partial charge on any atom is 0.252 e. The van der Waals surface area contributed by atoms with Crippen molar-refractivity contribution in [2.24, 2.45) is 5.73 Å². The van der Waals surface area contributed by atoms with E-state index in [1.165, 1.54) is 6.07 Å².